The molecule has 2 rings (SSSR count). The molecule has 0 unspecified atom stereocenters. The molecule has 0 atom stereocenters. The zero-order chi connectivity index (χ0) is 16.0. The van der Waals surface area contributed by atoms with Crippen LogP contribution in [0, 0.1) is 5.41 Å². The van der Waals surface area contributed by atoms with E-state index >= 15 is 0 Å². The molecule has 1 aliphatic heterocycles. The Labute approximate surface area is 132 Å². The fourth-order valence-electron chi connectivity index (χ4n) is 3.28. The number of hydrogen-bond donors (Lipinski definition) is 0. The number of hydrogen-bond acceptors (Lipinski definition) is 4. The third-order valence-electron chi connectivity index (χ3n) is 4.62. The van der Waals surface area contributed by atoms with Crippen molar-refractivity contribution in [3.05, 3.63) is 11.6 Å². The molecule has 0 radical (unpaired) electrons. The van der Waals surface area contributed by atoms with E-state index in [0.717, 1.165) is 51.6 Å². The molecule has 2 aliphatic rings. The van der Waals surface area contributed by atoms with Crippen LogP contribution in [-0.2, 0) is 14.3 Å². The highest BCUT2D eigenvalue weighted by Crippen LogP contribution is 2.52. The lowest BCUT2D eigenvalue weighted by molar-refractivity contribution is -0.137. The lowest BCUT2D eigenvalue weighted by atomic mass is 9.60. The zero-order valence-corrected chi connectivity index (χ0v) is 13.7. The molecule has 2 fully saturated rings. The molecule has 5 nitrogen and oxygen atoms in total. The molecule has 22 heavy (non-hydrogen) atoms. The second kappa shape index (κ2) is 7.65. The predicted molar refractivity (Wildman–Crippen MR) is 83.4 cm³/mol. The van der Waals surface area contributed by atoms with Gasteiger partial charge in [0.05, 0.1) is 13.2 Å². The van der Waals surface area contributed by atoms with Gasteiger partial charge in [0.2, 0.25) is 0 Å². The van der Waals surface area contributed by atoms with E-state index in [1.165, 1.54) is 5.57 Å². The number of carbonyl (C=O) groups is 2. The van der Waals surface area contributed by atoms with Crippen molar-refractivity contribution in [1.82, 2.24) is 4.90 Å². The van der Waals surface area contributed by atoms with E-state index in [4.69, 9.17) is 9.47 Å². The van der Waals surface area contributed by atoms with E-state index in [2.05, 4.69) is 6.92 Å². The van der Waals surface area contributed by atoms with Crippen LogP contribution >= 0.6 is 0 Å². The highest BCUT2D eigenvalue weighted by molar-refractivity contribution is 5.83. The summed E-state index contributed by atoms with van der Waals surface area (Å²) in [5, 5.41) is 0. The number of ether oxygens (including phenoxy) is 2. The van der Waals surface area contributed by atoms with E-state index in [0.29, 0.717) is 18.6 Å². The van der Waals surface area contributed by atoms with Gasteiger partial charge in [-0.1, -0.05) is 18.9 Å². The van der Waals surface area contributed by atoms with Crippen molar-refractivity contribution >= 4 is 12.1 Å². The summed E-state index contributed by atoms with van der Waals surface area (Å²) in [5.74, 6) is -0.232. The molecule has 0 aromatic carbocycles. The van der Waals surface area contributed by atoms with Gasteiger partial charge in [0.15, 0.2) is 0 Å². The van der Waals surface area contributed by atoms with E-state index in [1.807, 2.05) is 11.8 Å². The van der Waals surface area contributed by atoms with Crippen molar-refractivity contribution in [2.45, 2.75) is 52.4 Å². The van der Waals surface area contributed by atoms with E-state index in [9.17, 15) is 9.59 Å². The zero-order valence-electron chi connectivity index (χ0n) is 13.7. The normalized spacial score (nSPS) is 19.5. The van der Waals surface area contributed by atoms with Gasteiger partial charge in [-0.25, -0.2) is 9.59 Å². The van der Waals surface area contributed by atoms with Gasteiger partial charge in [-0.3, -0.25) is 0 Å². The summed E-state index contributed by atoms with van der Waals surface area (Å²) in [6, 6.07) is 0. The minimum absolute atomic E-state index is 0.176. The van der Waals surface area contributed by atoms with Crippen LogP contribution in [0.5, 0.6) is 0 Å². The first-order chi connectivity index (χ1) is 10.6. The van der Waals surface area contributed by atoms with Crippen LogP contribution < -0.4 is 0 Å². The van der Waals surface area contributed by atoms with E-state index in [1.54, 1.807) is 6.08 Å². The van der Waals surface area contributed by atoms with Gasteiger partial charge >= 0.3 is 12.1 Å². The highest BCUT2D eigenvalue weighted by atomic mass is 16.6. The fourth-order valence-corrected chi connectivity index (χ4v) is 3.28. The summed E-state index contributed by atoms with van der Waals surface area (Å²) in [6.07, 6.45) is 7.34. The average Bonchev–Trinajstić information content (AvgIpc) is 2.47. The van der Waals surface area contributed by atoms with Gasteiger partial charge in [0, 0.05) is 19.2 Å². The molecular weight excluding hydrogens is 282 g/mol. The Bertz CT molecular complexity index is 426. The summed E-state index contributed by atoms with van der Waals surface area (Å²) in [5.41, 5.74) is 1.47. The first-order valence-electron chi connectivity index (χ1n) is 8.36. The average molecular weight is 309 g/mol. The monoisotopic (exact) mass is 309 g/mol. The van der Waals surface area contributed by atoms with Crippen LogP contribution in [0.4, 0.5) is 4.79 Å². The fraction of sp³-hybridized carbons (Fsp3) is 0.765. The van der Waals surface area contributed by atoms with Crippen molar-refractivity contribution in [2.75, 3.05) is 26.3 Å². The molecule has 1 saturated carbocycles. The number of piperidine rings is 1. The Morgan fingerprint density at radius 3 is 2.45 bits per heavy atom. The summed E-state index contributed by atoms with van der Waals surface area (Å²) in [4.78, 5) is 25.1. The number of amides is 1. The molecule has 1 amide bonds. The highest BCUT2D eigenvalue weighted by Gasteiger charge is 2.43. The smallest absolute Gasteiger partial charge is 0.409 e. The molecule has 1 saturated heterocycles. The maximum absolute atomic E-state index is 11.9. The van der Waals surface area contributed by atoms with Gasteiger partial charge in [-0.15, -0.1) is 0 Å². The van der Waals surface area contributed by atoms with Crippen LogP contribution in [-0.4, -0.2) is 43.3 Å². The predicted octanol–water partition coefficient (Wildman–Crippen LogP) is 3.29. The minimum atomic E-state index is -0.232. The number of carbonyl (C=O) groups excluding carboxylic acids is 2. The molecule has 0 N–H and O–H groups in total. The Morgan fingerprint density at radius 1 is 1.18 bits per heavy atom. The third kappa shape index (κ3) is 4.24. The van der Waals surface area contributed by atoms with Gasteiger partial charge < -0.3 is 14.4 Å². The second-order valence-corrected chi connectivity index (χ2v) is 6.36. The molecule has 1 aliphatic carbocycles. The summed E-state index contributed by atoms with van der Waals surface area (Å²) >= 11 is 0. The van der Waals surface area contributed by atoms with E-state index < -0.39 is 0 Å². The van der Waals surface area contributed by atoms with E-state index in [-0.39, 0.29) is 12.1 Å². The lowest BCUT2D eigenvalue weighted by Crippen LogP contribution is -2.46. The van der Waals surface area contributed by atoms with Gasteiger partial charge in [-0.05, 0) is 44.4 Å². The molecule has 1 heterocycles. The standard InChI is InChI=1S/C17H27NO4/c1-3-5-10-22-16(20)18-8-6-17(7-9-18)12-14(13-17)11-15(19)21-4-2/h11H,3-10,12-13H2,1-2H3. The number of allylic oxidation sites excluding steroid dienone is 1. The van der Waals surface area contributed by atoms with Crippen molar-refractivity contribution in [3.63, 3.8) is 0 Å². The van der Waals surface area contributed by atoms with Crippen LogP contribution in [0.25, 0.3) is 0 Å². The molecule has 1 spiro atoms. The van der Waals surface area contributed by atoms with Gasteiger partial charge in [-0.2, -0.15) is 0 Å². The maximum atomic E-state index is 11.9. The number of likely N-dealkylation sites (tertiary alicyclic amines) is 1. The topological polar surface area (TPSA) is 55.8 Å². The van der Waals surface area contributed by atoms with Gasteiger partial charge in [0.25, 0.3) is 0 Å². The maximum Gasteiger partial charge on any atom is 0.409 e. The molecule has 0 aromatic heterocycles. The van der Waals surface area contributed by atoms with Crippen molar-refractivity contribution < 1.29 is 19.1 Å². The molecule has 124 valence electrons. The minimum Gasteiger partial charge on any atom is -0.463 e. The largest absolute Gasteiger partial charge is 0.463 e. The Hall–Kier alpha value is -1.52. The molecule has 5 heteroatoms. The molecule has 0 bridgehead atoms. The summed E-state index contributed by atoms with van der Waals surface area (Å²) in [7, 11) is 0. The van der Waals surface area contributed by atoms with Crippen LogP contribution in [0.3, 0.4) is 0 Å². The molecule has 0 aromatic rings. The Kier molecular flexibility index (Phi) is 5.86. The number of unbranched alkanes of at least 4 members (excludes halogenated alkanes) is 1. The summed E-state index contributed by atoms with van der Waals surface area (Å²) in [6.45, 7) is 6.35. The van der Waals surface area contributed by atoms with Crippen LogP contribution in [0.1, 0.15) is 52.4 Å². The molecular formula is C17H27NO4. The lowest BCUT2D eigenvalue weighted by Gasteiger charge is -2.49. The van der Waals surface area contributed by atoms with Gasteiger partial charge in [0.1, 0.15) is 0 Å². The second-order valence-electron chi connectivity index (χ2n) is 6.36. The van der Waals surface area contributed by atoms with Crippen molar-refractivity contribution in [2.24, 2.45) is 5.41 Å². The van der Waals surface area contributed by atoms with Crippen LogP contribution in [0.2, 0.25) is 0 Å². The Morgan fingerprint density at radius 2 is 1.86 bits per heavy atom. The number of rotatable bonds is 5. The number of nitrogens with zero attached hydrogens (tertiary/aromatic N) is 1. The quantitative estimate of drug-likeness (QED) is 0.444. The summed E-state index contributed by atoms with van der Waals surface area (Å²) < 4.78 is 10.2. The Balaban J connectivity index is 1.72. The van der Waals surface area contributed by atoms with Crippen LogP contribution in [0.15, 0.2) is 11.6 Å². The van der Waals surface area contributed by atoms with Crippen molar-refractivity contribution in [1.29, 1.82) is 0 Å². The van der Waals surface area contributed by atoms with Crippen molar-refractivity contribution in [3.8, 4) is 0 Å². The third-order valence-corrected chi connectivity index (χ3v) is 4.62. The SMILES string of the molecule is CCCCOC(=O)N1CCC2(CC1)CC(=CC(=O)OCC)C2. The number of esters is 1. The first-order valence-corrected chi connectivity index (χ1v) is 8.36. The first kappa shape index (κ1) is 16.8.